The number of methoxy groups -OCH3 is 1. The van der Waals surface area contributed by atoms with Gasteiger partial charge in [0.05, 0.1) is 7.11 Å². The van der Waals surface area contributed by atoms with Crippen molar-refractivity contribution in [3.05, 3.63) is 22.2 Å². The summed E-state index contributed by atoms with van der Waals surface area (Å²) in [6.45, 7) is 5.58. The highest BCUT2D eigenvalue weighted by atomic mass is 79.9. The minimum atomic E-state index is -3.57. The van der Waals surface area contributed by atoms with Crippen molar-refractivity contribution in [3.8, 4) is 5.75 Å². The van der Waals surface area contributed by atoms with Gasteiger partial charge in [-0.25, -0.2) is 13.1 Å². The maximum absolute atomic E-state index is 12.2. The van der Waals surface area contributed by atoms with Crippen LogP contribution in [0.2, 0.25) is 0 Å². The molecule has 8 heteroatoms. The maximum atomic E-state index is 12.2. The summed E-state index contributed by atoms with van der Waals surface area (Å²) in [5.74, 6) is 0.344. The molecule has 0 atom stereocenters. The van der Waals surface area contributed by atoms with Gasteiger partial charge in [-0.15, -0.1) is 12.4 Å². The SMILES string of the molecule is CCNCCNS(=O)(=O)c1cc(Br)c(C)cc1OC.Cl. The minimum Gasteiger partial charge on any atom is -0.495 e. The number of nitrogens with one attached hydrogen (secondary N) is 2. The van der Waals surface area contributed by atoms with Crippen LogP contribution in [0.1, 0.15) is 12.5 Å². The van der Waals surface area contributed by atoms with Gasteiger partial charge in [0.15, 0.2) is 0 Å². The van der Waals surface area contributed by atoms with Gasteiger partial charge in [-0.05, 0) is 31.2 Å². The van der Waals surface area contributed by atoms with Gasteiger partial charge in [0, 0.05) is 17.6 Å². The molecule has 5 nitrogen and oxygen atoms in total. The third-order valence-electron chi connectivity index (χ3n) is 2.58. The van der Waals surface area contributed by atoms with E-state index in [1.54, 1.807) is 12.1 Å². The van der Waals surface area contributed by atoms with Crippen molar-refractivity contribution < 1.29 is 13.2 Å². The van der Waals surface area contributed by atoms with E-state index in [1.165, 1.54) is 7.11 Å². The first-order valence-corrected chi connectivity index (χ1v) is 8.24. The molecule has 0 aromatic heterocycles. The quantitative estimate of drug-likeness (QED) is 0.703. The Bertz CT molecular complexity index is 538. The monoisotopic (exact) mass is 386 g/mol. The molecule has 0 aliphatic rings. The lowest BCUT2D eigenvalue weighted by Crippen LogP contribution is -2.32. The van der Waals surface area contributed by atoms with Crippen molar-refractivity contribution in [2.45, 2.75) is 18.7 Å². The third kappa shape index (κ3) is 5.21. The normalized spacial score (nSPS) is 11.0. The van der Waals surface area contributed by atoms with E-state index in [1.807, 2.05) is 13.8 Å². The van der Waals surface area contributed by atoms with Crippen LogP contribution in [0.25, 0.3) is 0 Å². The van der Waals surface area contributed by atoms with Gasteiger partial charge in [0.2, 0.25) is 10.0 Å². The number of hydrogen-bond acceptors (Lipinski definition) is 4. The smallest absolute Gasteiger partial charge is 0.244 e. The van der Waals surface area contributed by atoms with Gasteiger partial charge < -0.3 is 10.1 Å². The number of ether oxygens (including phenoxy) is 1. The maximum Gasteiger partial charge on any atom is 0.244 e. The summed E-state index contributed by atoms with van der Waals surface area (Å²) in [5, 5.41) is 3.05. The van der Waals surface area contributed by atoms with Gasteiger partial charge >= 0.3 is 0 Å². The van der Waals surface area contributed by atoms with Gasteiger partial charge in [0.25, 0.3) is 0 Å². The molecule has 0 aliphatic heterocycles. The summed E-state index contributed by atoms with van der Waals surface area (Å²) in [7, 11) is -2.11. The minimum absolute atomic E-state index is 0. The zero-order valence-corrected chi connectivity index (χ0v) is 14.9. The first-order chi connectivity index (χ1) is 8.92. The van der Waals surface area contributed by atoms with E-state index in [9.17, 15) is 8.42 Å². The molecule has 2 N–H and O–H groups in total. The number of halogens is 2. The summed E-state index contributed by atoms with van der Waals surface area (Å²) in [4.78, 5) is 0.143. The largest absolute Gasteiger partial charge is 0.495 e. The predicted octanol–water partition coefficient (Wildman–Crippen LogP) is 2.08. The highest BCUT2D eigenvalue weighted by molar-refractivity contribution is 9.10. The third-order valence-corrected chi connectivity index (χ3v) is 4.91. The average Bonchev–Trinajstić information content (AvgIpc) is 2.37. The van der Waals surface area contributed by atoms with Crippen molar-refractivity contribution in [3.63, 3.8) is 0 Å². The van der Waals surface area contributed by atoms with Crippen LogP contribution in [0.15, 0.2) is 21.5 Å². The Kier molecular flexibility index (Phi) is 8.69. The van der Waals surface area contributed by atoms with Crippen molar-refractivity contribution in [2.24, 2.45) is 0 Å². The average molecular weight is 388 g/mol. The molecule has 0 spiro atoms. The number of aryl methyl sites for hydroxylation is 1. The molecular formula is C12H20BrClN2O3S. The standard InChI is InChI=1S/C12H19BrN2O3S.ClH/c1-4-14-5-6-15-19(16,17)12-8-10(13)9(2)7-11(12)18-3;/h7-8,14-15H,4-6H2,1-3H3;1H. The van der Waals surface area contributed by atoms with Crippen LogP contribution in [0.3, 0.4) is 0 Å². The number of rotatable bonds is 7. The molecule has 0 unspecified atom stereocenters. The van der Waals surface area contributed by atoms with Crippen LogP contribution >= 0.6 is 28.3 Å². The van der Waals surface area contributed by atoms with Gasteiger partial charge in [-0.2, -0.15) is 0 Å². The van der Waals surface area contributed by atoms with E-state index >= 15 is 0 Å². The van der Waals surface area contributed by atoms with Gasteiger partial charge in [-0.1, -0.05) is 22.9 Å². The molecule has 0 saturated heterocycles. The molecule has 0 amide bonds. The topological polar surface area (TPSA) is 67.4 Å². The highest BCUT2D eigenvalue weighted by Gasteiger charge is 2.20. The molecule has 0 heterocycles. The Morgan fingerprint density at radius 2 is 1.95 bits per heavy atom. The molecule has 0 saturated carbocycles. The van der Waals surface area contributed by atoms with Crippen LogP contribution < -0.4 is 14.8 Å². The molecule has 0 fully saturated rings. The molecule has 1 rings (SSSR count). The lowest BCUT2D eigenvalue weighted by Gasteiger charge is -2.12. The fraction of sp³-hybridized carbons (Fsp3) is 0.500. The molecule has 1 aromatic rings. The van der Waals surface area contributed by atoms with E-state index in [2.05, 4.69) is 26.0 Å². The van der Waals surface area contributed by atoms with E-state index < -0.39 is 10.0 Å². The van der Waals surface area contributed by atoms with Crippen LogP contribution in [0.5, 0.6) is 5.75 Å². The van der Waals surface area contributed by atoms with Crippen molar-refractivity contribution in [1.82, 2.24) is 10.0 Å². The number of hydrogen-bond donors (Lipinski definition) is 2. The van der Waals surface area contributed by atoms with E-state index in [-0.39, 0.29) is 17.3 Å². The fourth-order valence-corrected chi connectivity index (χ4v) is 3.24. The summed E-state index contributed by atoms with van der Waals surface area (Å²) in [6.07, 6.45) is 0. The fourth-order valence-electron chi connectivity index (χ4n) is 1.53. The van der Waals surface area contributed by atoms with Crippen LogP contribution in [0.4, 0.5) is 0 Å². The van der Waals surface area contributed by atoms with Crippen LogP contribution in [-0.2, 0) is 10.0 Å². The van der Waals surface area contributed by atoms with Gasteiger partial charge in [0.1, 0.15) is 10.6 Å². The lowest BCUT2D eigenvalue weighted by molar-refractivity contribution is 0.402. The van der Waals surface area contributed by atoms with Crippen molar-refractivity contribution in [1.29, 1.82) is 0 Å². The Labute approximate surface area is 135 Å². The summed E-state index contributed by atoms with van der Waals surface area (Å²) in [5.41, 5.74) is 0.920. The van der Waals surface area contributed by atoms with Crippen LogP contribution in [0, 0.1) is 6.92 Å². The lowest BCUT2D eigenvalue weighted by atomic mass is 10.2. The second-order valence-electron chi connectivity index (χ2n) is 4.00. The van der Waals surface area contributed by atoms with Gasteiger partial charge in [-0.3, -0.25) is 0 Å². The Morgan fingerprint density at radius 3 is 2.50 bits per heavy atom. The summed E-state index contributed by atoms with van der Waals surface area (Å²) < 4.78 is 32.8. The second-order valence-corrected chi connectivity index (χ2v) is 6.59. The summed E-state index contributed by atoms with van der Waals surface area (Å²) >= 11 is 3.33. The molecule has 1 aromatic carbocycles. The molecule has 0 bridgehead atoms. The molecular weight excluding hydrogens is 368 g/mol. The Morgan fingerprint density at radius 1 is 1.30 bits per heavy atom. The molecule has 0 aliphatic carbocycles. The summed E-state index contributed by atoms with van der Waals surface area (Å²) in [6, 6.07) is 3.26. The first-order valence-electron chi connectivity index (χ1n) is 5.97. The first kappa shape index (κ1) is 19.7. The van der Waals surface area contributed by atoms with Crippen molar-refractivity contribution >= 4 is 38.4 Å². The molecule has 116 valence electrons. The predicted molar refractivity (Wildman–Crippen MR) is 86.4 cm³/mol. The number of likely N-dealkylation sites (N-methyl/N-ethyl adjacent to an activating group) is 1. The van der Waals surface area contributed by atoms with E-state index in [4.69, 9.17) is 4.74 Å². The van der Waals surface area contributed by atoms with Crippen LogP contribution in [-0.4, -0.2) is 35.2 Å². The molecule has 0 radical (unpaired) electrons. The second kappa shape index (κ2) is 8.84. The molecule has 20 heavy (non-hydrogen) atoms. The highest BCUT2D eigenvalue weighted by Crippen LogP contribution is 2.30. The Hall–Kier alpha value is -0.340. The number of benzene rings is 1. The number of sulfonamides is 1. The van der Waals surface area contributed by atoms with Crippen molar-refractivity contribution in [2.75, 3.05) is 26.7 Å². The Balaban J connectivity index is 0.00000361. The zero-order chi connectivity index (χ0) is 14.5. The van der Waals surface area contributed by atoms with E-state index in [0.717, 1.165) is 16.6 Å². The van der Waals surface area contributed by atoms with E-state index in [0.29, 0.717) is 18.8 Å². The zero-order valence-electron chi connectivity index (χ0n) is 11.7.